The summed E-state index contributed by atoms with van der Waals surface area (Å²) in [4.78, 5) is 14.6. The van der Waals surface area contributed by atoms with Crippen molar-refractivity contribution >= 4 is 18.2 Å². The molecule has 0 bridgehead atoms. The van der Waals surface area contributed by atoms with Gasteiger partial charge in [-0.15, -0.1) is 12.4 Å². The standard InChI is InChI=1S/C8H9NO.ClH/c1-6-3-4-8(7(2)10)9-5-6;/h3-5H,1-2H3;1H. The fraction of sp³-hybridized carbons (Fsp3) is 0.250. The van der Waals surface area contributed by atoms with Crippen LogP contribution in [-0.4, -0.2) is 10.8 Å². The maximum Gasteiger partial charge on any atom is 0.178 e. The molecular weight excluding hydrogens is 162 g/mol. The second-order valence-corrected chi connectivity index (χ2v) is 2.28. The minimum absolute atomic E-state index is 0. The molecule has 0 aromatic carbocycles. The number of carbonyl (C=O) groups excluding carboxylic acids is 1. The maximum atomic E-state index is 10.7. The smallest absolute Gasteiger partial charge is 0.178 e. The Labute approximate surface area is 72.1 Å². The Hall–Kier alpha value is -0.890. The molecule has 0 atom stereocenters. The number of hydrogen-bond donors (Lipinski definition) is 0. The van der Waals surface area contributed by atoms with Crippen molar-refractivity contribution in [1.82, 2.24) is 4.98 Å². The minimum atomic E-state index is 0. The molecule has 11 heavy (non-hydrogen) atoms. The van der Waals surface area contributed by atoms with Gasteiger partial charge in [0.1, 0.15) is 5.69 Å². The van der Waals surface area contributed by atoms with Crippen molar-refractivity contribution in [3.8, 4) is 0 Å². The SMILES string of the molecule is CC(=O)c1ccc(C)cn1.Cl. The first-order valence-corrected chi connectivity index (χ1v) is 3.14. The number of pyridine rings is 1. The van der Waals surface area contributed by atoms with Crippen LogP contribution < -0.4 is 0 Å². The van der Waals surface area contributed by atoms with Gasteiger partial charge in [0.25, 0.3) is 0 Å². The second-order valence-electron chi connectivity index (χ2n) is 2.28. The number of carbonyl (C=O) groups is 1. The highest BCUT2D eigenvalue weighted by molar-refractivity contribution is 5.91. The van der Waals surface area contributed by atoms with Gasteiger partial charge in [-0.2, -0.15) is 0 Å². The van der Waals surface area contributed by atoms with E-state index in [0.717, 1.165) is 5.56 Å². The van der Waals surface area contributed by atoms with Gasteiger partial charge >= 0.3 is 0 Å². The predicted octanol–water partition coefficient (Wildman–Crippen LogP) is 2.01. The van der Waals surface area contributed by atoms with Crippen LogP contribution in [0.3, 0.4) is 0 Å². The zero-order chi connectivity index (χ0) is 7.56. The Kier molecular flexibility index (Phi) is 3.76. The highest BCUT2D eigenvalue weighted by atomic mass is 35.5. The van der Waals surface area contributed by atoms with E-state index >= 15 is 0 Å². The Bertz CT molecular complexity index is 243. The number of ketones is 1. The second kappa shape index (κ2) is 4.09. The molecular formula is C8H10ClNO. The number of rotatable bonds is 1. The van der Waals surface area contributed by atoms with Gasteiger partial charge in [0, 0.05) is 13.1 Å². The van der Waals surface area contributed by atoms with Crippen molar-refractivity contribution in [2.24, 2.45) is 0 Å². The molecule has 0 radical (unpaired) electrons. The van der Waals surface area contributed by atoms with Crippen LogP contribution in [0.25, 0.3) is 0 Å². The summed E-state index contributed by atoms with van der Waals surface area (Å²) in [5.41, 5.74) is 1.61. The molecule has 0 unspecified atom stereocenters. The van der Waals surface area contributed by atoms with E-state index in [1.807, 2.05) is 13.0 Å². The van der Waals surface area contributed by atoms with E-state index in [2.05, 4.69) is 4.98 Å². The van der Waals surface area contributed by atoms with Crippen LogP contribution in [0.5, 0.6) is 0 Å². The van der Waals surface area contributed by atoms with E-state index < -0.39 is 0 Å². The monoisotopic (exact) mass is 171 g/mol. The molecule has 60 valence electrons. The highest BCUT2D eigenvalue weighted by Crippen LogP contribution is 1.98. The first-order valence-electron chi connectivity index (χ1n) is 3.14. The van der Waals surface area contributed by atoms with E-state index in [0.29, 0.717) is 5.69 Å². The van der Waals surface area contributed by atoms with Crippen molar-refractivity contribution in [1.29, 1.82) is 0 Å². The van der Waals surface area contributed by atoms with Gasteiger partial charge in [-0.25, -0.2) is 0 Å². The molecule has 1 rings (SSSR count). The summed E-state index contributed by atoms with van der Waals surface area (Å²) in [6.45, 7) is 3.45. The summed E-state index contributed by atoms with van der Waals surface area (Å²) in [5.74, 6) is 0.0139. The van der Waals surface area contributed by atoms with Crippen LogP contribution in [0.1, 0.15) is 23.0 Å². The maximum absolute atomic E-state index is 10.7. The van der Waals surface area contributed by atoms with Crippen molar-refractivity contribution in [2.45, 2.75) is 13.8 Å². The number of aromatic nitrogens is 1. The third-order valence-electron chi connectivity index (χ3n) is 1.27. The molecule has 0 amide bonds. The molecule has 0 aliphatic rings. The van der Waals surface area contributed by atoms with E-state index in [1.54, 1.807) is 12.3 Å². The summed E-state index contributed by atoms with van der Waals surface area (Å²) < 4.78 is 0. The fourth-order valence-electron chi connectivity index (χ4n) is 0.676. The molecule has 0 saturated carbocycles. The van der Waals surface area contributed by atoms with E-state index in [4.69, 9.17) is 0 Å². The molecule has 1 heterocycles. The van der Waals surface area contributed by atoms with E-state index in [9.17, 15) is 4.79 Å². The molecule has 3 heteroatoms. The van der Waals surface area contributed by atoms with E-state index in [-0.39, 0.29) is 18.2 Å². The Morgan fingerprint density at radius 1 is 1.45 bits per heavy atom. The summed E-state index contributed by atoms with van der Waals surface area (Å²) in [7, 11) is 0. The molecule has 1 aromatic rings. The van der Waals surface area contributed by atoms with Crippen LogP contribution in [-0.2, 0) is 0 Å². The molecule has 0 fully saturated rings. The zero-order valence-electron chi connectivity index (χ0n) is 6.50. The molecule has 0 N–H and O–H groups in total. The van der Waals surface area contributed by atoms with Crippen LogP contribution in [0, 0.1) is 6.92 Å². The lowest BCUT2D eigenvalue weighted by Crippen LogP contribution is -1.95. The highest BCUT2D eigenvalue weighted by Gasteiger charge is 1.97. The summed E-state index contributed by atoms with van der Waals surface area (Å²) in [5, 5.41) is 0. The van der Waals surface area contributed by atoms with Gasteiger partial charge in [-0.05, 0) is 18.6 Å². The van der Waals surface area contributed by atoms with Crippen molar-refractivity contribution in [2.75, 3.05) is 0 Å². The van der Waals surface area contributed by atoms with Gasteiger partial charge in [-0.3, -0.25) is 9.78 Å². The number of halogens is 1. The number of aryl methyl sites for hydroxylation is 1. The molecule has 0 aliphatic carbocycles. The number of nitrogens with zero attached hydrogens (tertiary/aromatic N) is 1. The number of hydrogen-bond acceptors (Lipinski definition) is 2. The van der Waals surface area contributed by atoms with Gasteiger partial charge in [0.05, 0.1) is 0 Å². The Morgan fingerprint density at radius 3 is 2.45 bits per heavy atom. The first-order chi connectivity index (χ1) is 4.70. The topological polar surface area (TPSA) is 30.0 Å². The molecule has 0 spiro atoms. The van der Waals surface area contributed by atoms with Crippen LogP contribution >= 0.6 is 12.4 Å². The van der Waals surface area contributed by atoms with Gasteiger partial charge in [-0.1, -0.05) is 6.07 Å². The van der Waals surface area contributed by atoms with Gasteiger partial charge < -0.3 is 0 Å². The molecule has 0 saturated heterocycles. The lowest BCUT2D eigenvalue weighted by molar-refractivity contribution is 0.101. The lowest BCUT2D eigenvalue weighted by atomic mass is 10.2. The summed E-state index contributed by atoms with van der Waals surface area (Å²) in [6, 6.07) is 3.61. The van der Waals surface area contributed by atoms with Gasteiger partial charge in [0.2, 0.25) is 0 Å². The number of Topliss-reactive ketones (excluding diaryl/α,β-unsaturated/α-hetero) is 1. The lowest BCUT2D eigenvalue weighted by Gasteiger charge is -1.93. The van der Waals surface area contributed by atoms with Crippen LogP contribution in [0.4, 0.5) is 0 Å². The Balaban J connectivity index is 0.000001000. The van der Waals surface area contributed by atoms with E-state index in [1.165, 1.54) is 6.92 Å². The molecule has 2 nitrogen and oxygen atoms in total. The fourth-order valence-corrected chi connectivity index (χ4v) is 0.676. The zero-order valence-corrected chi connectivity index (χ0v) is 7.31. The van der Waals surface area contributed by atoms with Crippen LogP contribution in [0.15, 0.2) is 18.3 Å². The normalized spacial score (nSPS) is 8.55. The third-order valence-corrected chi connectivity index (χ3v) is 1.27. The molecule has 0 aliphatic heterocycles. The predicted molar refractivity (Wildman–Crippen MR) is 46.2 cm³/mol. The third kappa shape index (κ3) is 2.68. The van der Waals surface area contributed by atoms with Crippen molar-refractivity contribution < 1.29 is 4.79 Å². The van der Waals surface area contributed by atoms with Crippen molar-refractivity contribution in [3.63, 3.8) is 0 Å². The average molecular weight is 172 g/mol. The summed E-state index contributed by atoms with van der Waals surface area (Å²) in [6.07, 6.45) is 1.69. The quantitative estimate of drug-likeness (QED) is 0.606. The average Bonchev–Trinajstić information content (AvgIpc) is 1.88. The first kappa shape index (κ1) is 10.1. The largest absolute Gasteiger partial charge is 0.293 e. The van der Waals surface area contributed by atoms with Gasteiger partial charge in [0.15, 0.2) is 5.78 Å². The minimum Gasteiger partial charge on any atom is -0.293 e. The summed E-state index contributed by atoms with van der Waals surface area (Å²) >= 11 is 0. The van der Waals surface area contributed by atoms with Crippen molar-refractivity contribution in [3.05, 3.63) is 29.6 Å². The van der Waals surface area contributed by atoms with Crippen LogP contribution in [0.2, 0.25) is 0 Å². The Morgan fingerprint density at radius 2 is 2.09 bits per heavy atom. The molecule has 1 aromatic heterocycles.